The van der Waals surface area contributed by atoms with Crippen LogP contribution >= 0.6 is 0 Å². The quantitative estimate of drug-likeness (QED) is 0.619. The van der Waals surface area contributed by atoms with Crippen molar-refractivity contribution in [2.75, 3.05) is 26.1 Å². The van der Waals surface area contributed by atoms with E-state index in [1.807, 2.05) is 61.5 Å². The standard InChI is InChI=1S/C18H19NO2/c1-19(2)16-10-7-14(8-11-16)9-12-18(20)15-5-4-6-17(13-15)21-3/h4-13H,1-3H3/b12-9+. The van der Waals surface area contributed by atoms with E-state index in [1.165, 1.54) is 0 Å². The van der Waals surface area contributed by atoms with Gasteiger partial charge in [-0.3, -0.25) is 4.79 Å². The number of ketones is 1. The normalized spacial score (nSPS) is 10.6. The van der Waals surface area contributed by atoms with Gasteiger partial charge in [0.2, 0.25) is 0 Å². The third kappa shape index (κ3) is 3.96. The third-order valence-corrected chi connectivity index (χ3v) is 3.19. The maximum Gasteiger partial charge on any atom is 0.185 e. The lowest BCUT2D eigenvalue weighted by Crippen LogP contribution is -2.07. The van der Waals surface area contributed by atoms with Crippen molar-refractivity contribution in [1.82, 2.24) is 0 Å². The Hall–Kier alpha value is -2.55. The van der Waals surface area contributed by atoms with Gasteiger partial charge in [-0.25, -0.2) is 0 Å². The second kappa shape index (κ2) is 6.75. The average Bonchev–Trinajstić information content (AvgIpc) is 2.53. The van der Waals surface area contributed by atoms with Gasteiger partial charge >= 0.3 is 0 Å². The van der Waals surface area contributed by atoms with E-state index >= 15 is 0 Å². The lowest BCUT2D eigenvalue weighted by molar-refractivity contribution is 0.104. The summed E-state index contributed by atoms with van der Waals surface area (Å²) < 4.78 is 5.12. The van der Waals surface area contributed by atoms with Crippen molar-refractivity contribution in [1.29, 1.82) is 0 Å². The Morgan fingerprint density at radius 2 is 1.81 bits per heavy atom. The fraction of sp³-hybridized carbons (Fsp3) is 0.167. The van der Waals surface area contributed by atoms with Crippen molar-refractivity contribution < 1.29 is 9.53 Å². The molecule has 21 heavy (non-hydrogen) atoms. The van der Waals surface area contributed by atoms with E-state index in [9.17, 15) is 4.79 Å². The first-order chi connectivity index (χ1) is 10.1. The molecule has 0 radical (unpaired) electrons. The maximum absolute atomic E-state index is 12.1. The number of allylic oxidation sites excluding steroid dienone is 1. The van der Waals surface area contributed by atoms with Crippen molar-refractivity contribution in [2.45, 2.75) is 0 Å². The molecule has 0 spiro atoms. The minimum atomic E-state index is -0.0365. The summed E-state index contributed by atoms with van der Waals surface area (Å²) in [4.78, 5) is 14.1. The number of carbonyl (C=O) groups excluding carboxylic acids is 1. The summed E-state index contributed by atoms with van der Waals surface area (Å²) in [5, 5.41) is 0. The average molecular weight is 281 g/mol. The summed E-state index contributed by atoms with van der Waals surface area (Å²) in [6.45, 7) is 0. The zero-order valence-electron chi connectivity index (χ0n) is 12.5. The van der Waals surface area contributed by atoms with Crippen LogP contribution in [0, 0.1) is 0 Å². The van der Waals surface area contributed by atoms with Gasteiger partial charge in [0.1, 0.15) is 5.75 Å². The van der Waals surface area contributed by atoms with Crippen molar-refractivity contribution >= 4 is 17.5 Å². The molecule has 0 bridgehead atoms. The third-order valence-electron chi connectivity index (χ3n) is 3.19. The number of methoxy groups -OCH3 is 1. The van der Waals surface area contributed by atoms with Crippen LogP contribution in [-0.4, -0.2) is 27.0 Å². The Labute approximate surface area is 125 Å². The predicted molar refractivity (Wildman–Crippen MR) is 87.1 cm³/mol. The zero-order valence-corrected chi connectivity index (χ0v) is 12.5. The highest BCUT2D eigenvalue weighted by Gasteiger charge is 2.03. The molecule has 0 saturated heterocycles. The monoisotopic (exact) mass is 281 g/mol. The number of benzene rings is 2. The van der Waals surface area contributed by atoms with Gasteiger partial charge in [-0.15, -0.1) is 0 Å². The number of hydrogen-bond acceptors (Lipinski definition) is 3. The Kier molecular flexibility index (Phi) is 4.77. The molecule has 0 aromatic heterocycles. The molecule has 108 valence electrons. The van der Waals surface area contributed by atoms with Crippen LogP contribution in [0.25, 0.3) is 6.08 Å². The smallest absolute Gasteiger partial charge is 0.185 e. The summed E-state index contributed by atoms with van der Waals surface area (Å²) in [7, 11) is 5.58. The van der Waals surface area contributed by atoms with E-state index in [-0.39, 0.29) is 5.78 Å². The first-order valence-electron chi connectivity index (χ1n) is 6.74. The molecule has 2 aromatic rings. The van der Waals surface area contributed by atoms with Crippen LogP contribution in [-0.2, 0) is 0 Å². The Morgan fingerprint density at radius 1 is 1.10 bits per heavy atom. The van der Waals surface area contributed by atoms with Gasteiger partial charge in [0.15, 0.2) is 5.78 Å². The molecule has 0 aliphatic carbocycles. The molecule has 0 aliphatic heterocycles. The number of carbonyl (C=O) groups is 1. The van der Waals surface area contributed by atoms with Gasteiger partial charge < -0.3 is 9.64 Å². The molecule has 3 heteroatoms. The second-order valence-corrected chi connectivity index (χ2v) is 4.92. The van der Waals surface area contributed by atoms with Crippen LogP contribution in [0.3, 0.4) is 0 Å². The van der Waals surface area contributed by atoms with Gasteiger partial charge in [-0.05, 0) is 35.9 Å². The highest BCUT2D eigenvalue weighted by atomic mass is 16.5. The van der Waals surface area contributed by atoms with Crippen molar-refractivity contribution in [3.8, 4) is 5.75 Å². The van der Waals surface area contributed by atoms with Crippen LogP contribution in [0.15, 0.2) is 54.6 Å². The Balaban J connectivity index is 2.10. The molecule has 0 fully saturated rings. The first-order valence-corrected chi connectivity index (χ1v) is 6.74. The highest BCUT2D eigenvalue weighted by Crippen LogP contribution is 2.15. The SMILES string of the molecule is COc1cccc(C(=O)/C=C/c2ccc(N(C)C)cc2)c1. The van der Waals surface area contributed by atoms with Gasteiger partial charge in [-0.2, -0.15) is 0 Å². The van der Waals surface area contributed by atoms with E-state index in [0.29, 0.717) is 11.3 Å². The summed E-state index contributed by atoms with van der Waals surface area (Å²) in [6, 6.07) is 15.2. The van der Waals surface area contributed by atoms with Crippen LogP contribution in [0.1, 0.15) is 15.9 Å². The molecule has 3 nitrogen and oxygen atoms in total. The van der Waals surface area contributed by atoms with Crippen molar-refractivity contribution in [3.63, 3.8) is 0 Å². The lowest BCUT2D eigenvalue weighted by Gasteiger charge is -2.11. The Morgan fingerprint density at radius 3 is 2.43 bits per heavy atom. The van der Waals surface area contributed by atoms with E-state index in [1.54, 1.807) is 25.3 Å². The first kappa shape index (κ1) is 14.9. The number of anilines is 1. The second-order valence-electron chi connectivity index (χ2n) is 4.92. The number of hydrogen-bond donors (Lipinski definition) is 0. The molecule has 0 saturated carbocycles. The molecule has 2 rings (SSSR count). The fourth-order valence-electron chi connectivity index (χ4n) is 1.93. The van der Waals surface area contributed by atoms with Gasteiger partial charge in [0, 0.05) is 25.3 Å². The summed E-state index contributed by atoms with van der Waals surface area (Å²) in [5.41, 5.74) is 2.75. The molecular formula is C18H19NO2. The molecule has 0 amide bonds. The molecular weight excluding hydrogens is 262 g/mol. The van der Waals surface area contributed by atoms with Gasteiger partial charge in [0.05, 0.1) is 7.11 Å². The van der Waals surface area contributed by atoms with Crippen LogP contribution in [0.5, 0.6) is 5.75 Å². The van der Waals surface area contributed by atoms with Crippen LogP contribution in [0.2, 0.25) is 0 Å². The van der Waals surface area contributed by atoms with E-state index in [4.69, 9.17) is 4.74 Å². The lowest BCUT2D eigenvalue weighted by atomic mass is 10.1. The zero-order chi connectivity index (χ0) is 15.2. The minimum absolute atomic E-state index is 0.0365. The minimum Gasteiger partial charge on any atom is -0.497 e. The molecule has 0 N–H and O–H groups in total. The van der Waals surface area contributed by atoms with E-state index in [2.05, 4.69) is 0 Å². The maximum atomic E-state index is 12.1. The number of rotatable bonds is 5. The largest absolute Gasteiger partial charge is 0.497 e. The molecule has 0 unspecified atom stereocenters. The van der Waals surface area contributed by atoms with Gasteiger partial charge in [-0.1, -0.05) is 30.3 Å². The van der Waals surface area contributed by atoms with E-state index < -0.39 is 0 Å². The number of ether oxygens (including phenoxy) is 1. The summed E-state index contributed by atoms with van der Waals surface area (Å²) >= 11 is 0. The van der Waals surface area contributed by atoms with Crippen molar-refractivity contribution in [2.24, 2.45) is 0 Å². The molecule has 2 aromatic carbocycles. The fourth-order valence-corrected chi connectivity index (χ4v) is 1.93. The molecule has 0 atom stereocenters. The Bertz CT molecular complexity index is 643. The summed E-state index contributed by atoms with van der Waals surface area (Å²) in [5.74, 6) is 0.648. The van der Waals surface area contributed by atoms with Crippen molar-refractivity contribution in [3.05, 3.63) is 65.7 Å². The van der Waals surface area contributed by atoms with Crippen LogP contribution in [0.4, 0.5) is 5.69 Å². The van der Waals surface area contributed by atoms with Crippen LogP contribution < -0.4 is 9.64 Å². The molecule has 0 heterocycles. The number of nitrogens with zero attached hydrogens (tertiary/aromatic N) is 1. The summed E-state index contributed by atoms with van der Waals surface area (Å²) in [6.07, 6.45) is 3.40. The molecule has 0 aliphatic rings. The van der Waals surface area contributed by atoms with Gasteiger partial charge in [0.25, 0.3) is 0 Å². The topological polar surface area (TPSA) is 29.5 Å². The highest BCUT2D eigenvalue weighted by molar-refractivity contribution is 6.07. The van der Waals surface area contributed by atoms with E-state index in [0.717, 1.165) is 11.3 Å². The predicted octanol–water partition coefficient (Wildman–Crippen LogP) is 3.66.